The highest BCUT2D eigenvalue weighted by atomic mass is 15.1. The number of nitrogens with zero attached hydrogens (tertiary/aromatic N) is 8. The standard InChI is InChI=1S/C102H82N8/c1-59-45-63(5)93(64(6)46-59)77-35-41-87-81(55-77)82-56-78(94-65(7)47-60(2)48-66(94)8)36-42-88(82)109(87)91-39-33-75(53-85(91)101-105-97(71-25-17-13-18-26-71)103-98(106-101)72-27-19-14-20-28-72)76-34-40-92(86(54-76)102-107-99(73-29-21-15-22-30-73)104-100(108-102)74-31-23-16-24-32-74)110-89-43-37-79(95-67(9)49-61(3)50-68(95)10)57-83(89)84-58-80(38-44-90(84)110)96-69(11)51-62(4)52-70(96)12/h13-58H,1-12H3. The van der Waals surface area contributed by atoms with Crippen molar-refractivity contribution in [1.29, 1.82) is 0 Å². The molecule has 8 nitrogen and oxygen atoms in total. The summed E-state index contributed by atoms with van der Waals surface area (Å²) in [4.78, 5) is 32.9. The molecule has 530 valence electrons. The quantitative estimate of drug-likeness (QED) is 0.114. The molecule has 18 aromatic rings. The van der Waals surface area contributed by atoms with E-state index < -0.39 is 0 Å². The number of fused-ring (bicyclic) bond motifs is 6. The SMILES string of the molecule is Cc1cc(C)c(-c2ccc3c(c2)c2cc(-c4c(C)cc(C)cc4C)ccc2n3-c2ccc(-c3ccc(-n4c5ccc(-c6c(C)cc(C)cc6C)cc5c5cc(-c6c(C)cc(C)cc6C)ccc54)c(-c4nc(-c5ccccc5)nc(-c5ccccc5)n4)c3)cc2-c2nc(-c3ccccc3)nc(-c3ccccc3)n2)c(C)c1. The molecule has 0 bridgehead atoms. The van der Waals surface area contributed by atoms with E-state index in [0.29, 0.717) is 34.9 Å². The van der Waals surface area contributed by atoms with Crippen molar-refractivity contribution in [3.8, 4) is 135 Å². The molecule has 4 heterocycles. The Morgan fingerprint density at radius 3 is 0.618 bits per heavy atom. The lowest BCUT2D eigenvalue weighted by Gasteiger charge is -2.19. The normalized spacial score (nSPS) is 11.6. The molecular formula is C102H82N8. The monoisotopic (exact) mass is 1420 g/mol. The summed E-state index contributed by atoms with van der Waals surface area (Å²) in [5.41, 5.74) is 37.8. The molecule has 8 heteroatoms. The maximum absolute atomic E-state index is 5.58. The van der Waals surface area contributed by atoms with Gasteiger partial charge in [-0.3, -0.25) is 0 Å². The number of hydrogen-bond acceptors (Lipinski definition) is 6. The van der Waals surface area contributed by atoms with E-state index in [0.717, 1.165) is 99.5 Å². The Morgan fingerprint density at radius 1 is 0.182 bits per heavy atom. The second-order valence-corrected chi connectivity index (χ2v) is 30.2. The summed E-state index contributed by atoms with van der Waals surface area (Å²) in [6, 6.07) is 101. The number of rotatable bonds is 13. The van der Waals surface area contributed by atoms with Gasteiger partial charge < -0.3 is 9.13 Å². The van der Waals surface area contributed by atoms with Gasteiger partial charge in [-0.1, -0.05) is 229 Å². The molecule has 0 unspecified atom stereocenters. The van der Waals surface area contributed by atoms with Gasteiger partial charge in [-0.25, -0.2) is 29.9 Å². The first-order valence-corrected chi connectivity index (χ1v) is 38.0. The molecule has 110 heavy (non-hydrogen) atoms. The minimum absolute atomic E-state index is 0.528. The van der Waals surface area contributed by atoms with Crippen molar-refractivity contribution in [1.82, 2.24) is 39.0 Å². The largest absolute Gasteiger partial charge is 0.308 e. The Morgan fingerprint density at radius 2 is 0.391 bits per heavy atom. The summed E-state index contributed by atoms with van der Waals surface area (Å²) < 4.78 is 4.87. The average Bonchev–Trinajstić information content (AvgIpc) is 1.57. The number of hydrogen-bond donors (Lipinski definition) is 0. The number of aryl methyl sites for hydroxylation is 12. The van der Waals surface area contributed by atoms with Gasteiger partial charge in [0.15, 0.2) is 34.9 Å². The molecule has 0 amide bonds. The fraction of sp³-hybridized carbons (Fsp3) is 0.118. The Bertz CT molecular complexity index is 5920. The highest BCUT2D eigenvalue weighted by Gasteiger charge is 2.27. The summed E-state index contributed by atoms with van der Waals surface area (Å²) in [5, 5.41) is 4.56. The molecule has 0 aliphatic carbocycles. The van der Waals surface area contributed by atoms with E-state index in [1.165, 1.54) is 111 Å². The third kappa shape index (κ3) is 12.2. The first-order valence-electron chi connectivity index (χ1n) is 38.0. The molecule has 0 saturated carbocycles. The highest BCUT2D eigenvalue weighted by Crippen LogP contribution is 2.47. The minimum atomic E-state index is 0.528. The van der Waals surface area contributed by atoms with Crippen LogP contribution >= 0.6 is 0 Å². The first kappa shape index (κ1) is 68.5. The zero-order chi connectivity index (χ0) is 75.3. The van der Waals surface area contributed by atoms with Crippen LogP contribution < -0.4 is 0 Å². The molecule has 0 aliphatic heterocycles. The van der Waals surface area contributed by atoms with Gasteiger partial charge in [0.2, 0.25) is 0 Å². The van der Waals surface area contributed by atoms with E-state index in [1.54, 1.807) is 0 Å². The third-order valence-electron chi connectivity index (χ3n) is 22.1. The fourth-order valence-electron chi connectivity index (χ4n) is 17.8. The van der Waals surface area contributed by atoms with Crippen LogP contribution in [0.2, 0.25) is 0 Å². The van der Waals surface area contributed by atoms with E-state index >= 15 is 0 Å². The van der Waals surface area contributed by atoms with Gasteiger partial charge in [-0.05, 0) is 256 Å². The van der Waals surface area contributed by atoms with Gasteiger partial charge in [-0.2, -0.15) is 0 Å². The van der Waals surface area contributed by atoms with Crippen LogP contribution in [0, 0.1) is 83.1 Å². The van der Waals surface area contributed by atoms with Crippen LogP contribution in [0.15, 0.2) is 279 Å². The van der Waals surface area contributed by atoms with Crippen LogP contribution in [-0.4, -0.2) is 39.0 Å². The third-order valence-corrected chi connectivity index (χ3v) is 22.1. The molecule has 0 radical (unpaired) electrons. The second kappa shape index (κ2) is 27.5. The minimum Gasteiger partial charge on any atom is -0.308 e. The molecule has 0 N–H and O–H groups in total. The summed E-state index contributed by atoms with van der Waals surface area (Å²) >= 11 is 0. The fourth-order valence-corrected chi connectivity index (χ4v) is 17.8. The van der Waals surface area contributed by atoms with Gasteiger partial charge in [-0.15, -0.1) is 0 Å². The van der Waals surface area contributed by atoms with Crippen LogP contribution in [0.3, 0.4) is 0 Å². The molecule has 0 saturated heterocycles. The van der Waals surface area contributed by atoms with Gasteiger partial charge in [0, 0.05) is 54.9 Å². The first-order chi connectivity index (χ1) is 53.4. The summed E-state index contributed by atoms with van der Waals surface area (Å²) in [6.07, 6.45) is 0. The van der Waals surface area contributed by atoms with Crippen LogP contribution in [-0.2, 0) is 0 Å². The predicted octanol–water partition coefficient (Wildman–Crippen LogP) is 26.3. The average molecular weight is 1420 g/mol. The second-order valence-electron chi connectivity index (χ2n) is 30.2. The lowest BCUT2D eigenvalue weighted by molar-refractivity contribution is 1.06. The van der Waals surface area contributed by atoms with E-state index in [1.807, 2.05) is 72.8 Å². The zero-order valence-corrected chi connectivity index (χ0v) is 64.1. The Kier molecular flexibility index (Phi) is 17.1. The number of benzene rings is 14. The van der Waals surface area contributed by atoms with Crippen molar-refractivity contribution in [3.05, 3.63) is 346 Å². The maximum Gasteiger partial charge on any atom is 0.166 e. The van der Waals surface area contributed by atoms with Gasteiger partial charge in [0.25, 0.3) is 0 Å². The van der Waals surface area contributed by atoms with Crippen molar-refractivity contribution in [3.63, 3.8) is 0 Å². The zero-order valence-electron chi connectivity index (χ0n) is 64.1. The van der Waals surface area contributed by atoms with Crippen LogP contribution in [0.5, 0.6) is 0 Å². The lowest BCUT2D eigenvalue weighted by Crippen LogP contribution is -2.05. The van der Waals surface area contributed by atoms with Crippen molar-refractivity contribution < 1.29 is 0 Å². The molecule has 0 fully saturated rings. The molecule has 18 rings (SSSR count). The van der Waals surface area contributed by atoms with Crippen molar-refractivity contribution >= 4 is 43.6 Å². The van der Waals surface area contributed by atoms with Crippen LogP contribution in [0.4, 0.5) is 0 Å². The van der Waals surface area contributed by atoms with E-state index in [2.05, 4.69) is 298 Å². The van der Waals surface area contributed by atoms with Crippen molar-refractivity contribution in [2.24, 2.45) is 0 Å². The highest BCUT2D eigenvalue weighted by molar-refractivity contribution is 6.14. The van der Waals surface area contributed by atoms with Gasteiger partial charge in [0.05, 0.1) is 33.4 Å². The molecule has 0 spiro atoms. The number of aromatic nitrogens is 8. The Hall–Kier alpha value is -13.3. The summed E-state index contributed by atoms with van der Waals surface area (Å²) in [7, 11) is 0. The van der Waals surface area contributed by atoms with Gasteiger partial charge >= 0.3 is 0 Å². The Balaban J connectivity index is 0.927. The van der Waals surface area contributed by atoms with Crippen molar-refractivity contribution in [2.75, 3.05) is 0 Å². The van der Waals surface area contributed by atoms with Crippen LogP contribution in [0.25, 0.3) is 179 Å². The summed E-state index contributed by atoms with van der Waals surface area (Å²) in [6.45, 7) is 26.6. The topological polar surface area (TPSA) is 87.2 Å². The van der Waals surface area contributed by atoms with E-state index in [-0.39, 0.29) is 0 Å². The Labute approximate surface area is 642 Å². The van der Waals surface area contributed by atoms with Gasteiger partial charge in [0.1, 0.15) is 0 Å². The lowest BCUT2D eigenvalue weighted by atomic mass is 9.91. The predicted molar refractivity (Wildman–Crippen MR) is 459 cm³/mol. The van der Waals surface area contributed by atoms with Crippen molar-refractivity contribution in [2.45, 2.75) is 83.1 Å². The molecule has 14 aromatic carbocycles. The molecule has 0 atom stereocenters. The molecule has 0 aliphatic rings. The van der Waals surface area contributed by atoms with E-state index in [9.17, 15) is 0 Å². The van der Waals surface area contributed by atoms with Crippen LogP contribution in [0.1, 0.15) is 66.8 Å². The molecule has 4 aromatic heterocycles. The molecular weight excluding hydrogens is 1340 g/mol. The van der Waals surface area contributed by atoms with E-state index in [4.69, 9.17) is 29.9 Å². The smallest absolute Gasteiger partial charge is 0.166 e. The maximum atomic E-state index is 5.58. The summed E-state index contributed by atoms with van der Waals surface area (Å²) in [5.74, 6) is 3.33.